The number of aryl methyl sites for hydroxylation is 2. The molecule has 0 aromatic heterocycles. The second kappa shape index (κ2) is 32.8. The minimum absolute atomic E-state index is 0.0133. The van der Waals surface area contributed by atoms with Gasteiger partial charge >= 0.3 is 0 Å². The molecule has 4 aliphatic rings. The lowest BCUT2D eigenvalue weighted by molar-refractivity contribution is 0.125. The molecule has 0 radical (unpaired) electrons. The van der Waals surface area contributed by atoms with Crippen molar-refractivity contribution in [1.29, 1.82) is 0 Å². The first-order valence-electron chi connectivity index (χ1n) is 33.4. The summed E-state index contributed by atoms with van der Waals surface area (Å²) in [6, 6.07) is 99.9. The number of aliphatic hydroxyl groups excluding tert-OH is 1. The van der Waals surface area contributed by atoms with Crippen LogP contribution in [0.5, 0.6) is 0 Å². The van der Waals surface area contributed by atoms with Gasteiger partial charge in [-0.3, -0.25) is 4.99 Å². The summed E-state index contributed by atoms with van der Waals surface area (Å²) in [5.74, 6) is 0.680. The van der Waals surface area contributed by atoms with Crippen LogP contribution in [0.25, 0.3) is 33.4 Å². The van der Waals surface area contributed by atoms with Gasteiger partial charge in [0, 0.05) is 37.1 Å². The Bertz CT molecular complexity index is 4360. The lowest BCUT2D eigenvalue weighted by Crippen LogP contribution is -2.29. The highest BCUT2D eigenvalue weighted by Crippen LogP contribution is 2.63. The van der Waals surface area contributed by atoms with E-state index in [9.17, 15) is 5.11 Å². The standard InChI is InChI=1S/C45H36O.C39H37N.C7H8.CH4O/c46-45(38-21-9-3-10-22-38,39-23-11-4-12-24-39)41-26-14-20-36(30-41)35-19-13-25-40(29-35)44-28-27-37(33-15-5-1-6-16-33)31-42(43(44)32-44)34-17-7-2-8-18-34;1-2-3-4-5-6-9-15-31-16-14-21-36(28-31)33-24-22-32(23-25-33)29-37-30-40-39(35-19-12-8-13-20-35)27-26-38(37)34-17-10-7-11-18-34;1-7-5-3-2-4-6-7;1-2/h1-27,30-32,40,46H,28-29H2;2-8,10-14,16-26,28,37H,1,9,15,27,29-30H2;2-6H,1H3;2H,1H3/b;4-3-,6-5-;;. The molecule has 1 heterocycles. The SMILES string of the molecule is C=C/C=C\C=C/CCc1cccc(-c2ccc(CC3CN=C(c4ccccc4)CC=C3c3ccccc3)cc2)c1.CO.Cc1ccccc1.OC(c1ccccc1)(c1ccccc1)c1cccc(C2=CC=CC(C34C=C3C(c3ccccc3)=CC(c3ccccc3)=CC4)C2)c1. The zero-order valence-corrected chi connectivity index (χ0v) is 54.7. The van der Waals surface area contributed by atoms with Gasteiger partial charge in [-0.25, -0.2) is 0 Å². The second-order valence-electron chi connectivity index (χ2n) is 24.6. The fourth-order valence-corrected chi connectivity index (χ4v) is 13.4. The highest BCUT2D eigenvalue weighted by Gasteiger charge is 2.51. The van der Waals surface area contributed by atoms with Crippen LogP contribution in [0.15, 0.2) is 375 Å². The fraction of sp³-hybridized carbons (Fsp3) is 0.141. The number of aliphatic imine (C=N–C) groups is 1. The zero-order chi connectivity index (χ0) is 65.5. The Labute approximate surface area is 564 Å². The molecule has 3 heteroatoms. The number of rotatable bonds is 17. The summed E-state index contributed by atoms with van der Waals surface area (Å²) in [6.07, 6.45) is 32.5. The van der Waals surface area contributed by atoms with Gasteiger partial charge in [0.25, 0.3) is 0 Å². The maximum absolute atomic E-state index is 12.5. The van der Waals surface area contributed by atoms with E-state index in [2.05, 4.69) is 274 Å². The second-order valence-corrected chi connectivity index (χ2v) is 24.6. The average Bonchev–Trinajstić information content (AvgIpc) is 1.57. The van der Waals surface area contributed by atoms with Gasteiger partial charge < -0.3 is 10.2 Å². The van der Waals surface area contributed by atoms with Crippen LogP contribution in [0.2, 0.25) is 0 Å². The molecule has 0 bridgehead atoms. The molecule has 1 aliphatic heterocycles. The Kier molecular flexibility index (Phi) is 22.8. The van der Waals surface area contributed by atoms with Gasteiger partial charge in [-0.2, -0.15) is 0 Å². The molecule has 0 saturated heterocycles. The molecule has 0 spiro atoms. The summed E-state index contributed by atoms with van der Waals surface area (Å²) in [7, 11) is 1.00. The van der Waals surface area contributed by atoms with Crippen LogP contribution in [-0.2, 0) is 18.4 Å². The summed E-state index contributed by atoms with van der Waals surface area (Å²) in [4.78, 5) is 5.12. The van der Waals surface area contributed by atoms with Crippen LogP contribution in [0.1, 0.15) is 86.9 Å². The molecule has 470 valence electrons. The first kappa shape index (κ1) is 65.9. The van der Waals surface area contributed by atoms with E-state index in [0.717, 1.165) is 74.4 Å². The summed E-state index contributed by atoms with van der Waals surface area (Å²) in [6.45, 7) is 6.59. The van der Waals surface area contributed by atoms with E-state index < -0.39 is 5.60 Å². The molecule has 0 fully saturated rings. The van der Waals surface area contributed by atoms with Gasteiger partial charge in [-0.1, -0.05) is 358 Å². The first-order chi connectivity index (χ1) is 46.8. The van der Waals surface area contributed by atoms with Gasteiger partial charge in [0.05, 0.1) is 0 Å². The van der Waals surface area contributed by atoms with E-state index in [0.29, 0.717) is 11.8 Å². The Morgan fingerprint density at radius 2 is 1.08 bits per heavy atom. The van der Waals surface area contributed by atoms with Crippen LogP contribution in [0.3, 0.4) is 0 Å². The molecular weight excluding hydrogens is 1150 g/mol. The van der Waals surface area contributed by atoms with Crippen LogP contribution in [-0.4, -0.2) is 29.6 Å². The summed E-state index contributed by atoms with van der Waals surface area (Å²) in [5.41, 5.74) is 22.0. The van der Waals surface area contributed by atoms with Crippen LogP contribution >= 0.6 is 0 Å². The van der Waals surface area contributed by atoms with Crippen molar-refractivity contribution >= 4 is 28.0 Å². The van der Waals surface area contributed by atoms with Crippen molar-refractivity contribution < 1.29 is 10.2 Å². The van der Waals surface area contributed by atoms with Crippen molar-refractivity contribution in [3.05, 3.63) is 431 Å². The lowest BCUT2D eigenvalue weighted by atomic mass is 9.73. The highest BCUT2D eigenvalue weighted by molar-refractivity contribution is 6.02. The van der Waals surface area contributed by atoms with Crippen molar-refractivity contribution in [2.24, 2.45) is 22.2 Å². The third-order valence-corrected chi connectivity index (χ3v) is 18.4. The molecule has 3 nitrogen and oxygen atoms in total. The maximum atomic E-state index is 12.5. The van der Waals surface area contributed by atoms with Gasteiger partial charge in [0.15, 0.2) is 0 Å². The molecule has 3 aliphatic carbocycles. The quantitative estimate of drug-likeness (QED) is 0.0705. The van der Waals surface area contributed by atoms with Crippen LogP contribution in [0.4, 0.5) is 0 Å². The largest absolute Gasteiger partial charge is 0.400 e. The number of aliphatic hydroxyl groups is 2. The maximum Gasteiger partial charge on any atom is 0.140 e. The zero-order valence-electron chi connectivity index (χ0n) is 54.7. The van der Waals surface area contributed by atoms with Crippen molar-refractivity contribution in [2.75, 3.05) is 13.7 Å². The Hall–Kier alpha value is -10.6. The van der Waals surface area contributed by atoms with Crippen molar-refractivity contribution in [2.45, 2.75) is 51.0 Å². The third-order valence-electron chi connectivity index (χ3n) is 18.4. The Morgan fingerprint density at radius 3 is 1.71 bits per heavy atom. The first-order valence-corrected chi connectivity index (χ1v) is 33.4. The van der Waals surface area contributed by atoms with Gasteiger partial charge in [-0.05, 0) is 152 Å². The molecule has 3 atom stereocenters. The minimum atomic E-state index is -1.26. The topological polar surface area (TPSA) is 52.8 Å². The van der Waals surface area contributed by atoms with E-state index in [4.69, 9.17) is 10.1 Å². The number of fused-ring (bicyclic) bond motifs is 1. The van der Waals surface area contributed by atoms with Crippen LogP contribution in [0, 0.1) is 24.2 Å². The molecule has 2 N–H and O–H groups in total. The molecule has 10 aromatic rings. The minimum Gasteiger partial charge on any atom is -0.400 e. The molecule has 10 aromatic carbocycles. The molecule has 95 heavy (non-hydrogen) atoms. The fourth-order valence-electron chi connectivity index (χ4n) is 13.4. The lowest BCUT2D eigenvalue weighted by Gasteiger charge is -2.32. The molecule has 0 amide bonds. The van der Waals surface area contributed by atoms with Crippen molar-refractivity contribution in [3.63, 3.8) is 0 Å². The molecule has 3 unspecified atom stereocenters. The van der Waals surface area contributed by atoms with Crippen LogP contribution < -0.4 is 0 Å². The monoisotopic (exact) mass is 1240 g/mol. The molecule has 14 rings (SSSR count). The summed E-state index contributed by atoms with van der Waals surface area (Å²) >= 11 is 0. The highest BCUT2D eigenvalue weighted by atomic mass is 16.3. The number of nitrogens with zero attached hydrogens (tertiary/aromatic N) is 1. The van der Waals surface area contributed by atoms with Gasteiger partial charge in [0.1, 0.15) is 5.60 Å². The van der Waals surface area contributed by atoms with Crippen molar-refractivity contribution in [1.82, 2.24) is 0 Å². The molecular formula is C92H85NO2. The van der Waals surface area contributed by atoms with E-state index in [1.807, 2.05) is 91.0 Å². The number of hydrogen-bond acceptors (Lipinski definition) is 3. The number of hydrogen-bond donors (Lipinski definition) is 2. The van der Waals surface area contributed by atoms with E-state index >= 15 is 0 Å². The predicted octanol–water partition coefficient (Wildman–Crippen LogP) is 21.8. The smallest absolute Gasteiger partial charge is 0.140 e. The van der Waals surface area contributed by atoms with E-state index in [-0.39, 0.29) is 5.41 Å². The van der Waals surface area contributed by atoms with Gasteiger partial charge in [0.2, 0.25) is 0 Å². The summed E-state index contributed by atoms with van der Waals surface area (Å²) in [5, 5.41) is 19.5. The third kappa shape index (κ3) is 16.6. The average molecular weight is 1240 g/mol. The van der Waals surface area contributed by atoms with E-state index in [1.165, 1.54) is 83.6 Å². The number of benzene rings is 10. The van der Waals surface area contributed by atoms with Gasteiger partial charge in [-0.15, -0.1) is 0 Å². The van der Waals surface area contributed by atoms with Crippen molar-refractivity contribution in [3.8, 4) is 11.1 Å². The Balaban J connectivity index is 0.000000173. The predicted molar refractivity (Wildman–Crippen MR) is 403 cm³/mol. The summed E-state index contributed by atoms with van der Waals surface area (Å²) < 4.78 is 0. The Morgan fingerprint density at radius 1 is 0.526 bits per heavy atom. The number of allylic oxidation sites excluding steroid dienone is 16. The normalized spacial score (nSPS) is 17.1. The van der Waals surface area contributed by atoms with E-state index in [1.54, 1.807) is 6.08 Å². The molecule has 0 saturated carbocycles.